The number of hydrogen-bond acceptors (Lipinski definition) is 5. The Labute approximate surface area is 159 Å². The molecule has 1 aromatic rings. The molecule has 1 amide bonds. The zero-order chi connectivity index (χ0) is 18.5. The minimum absolute atomic E-state index is 0.0287. The fraction of sp³-hybridized carbons (Fsp3) is 0.500. The van der Waals surface area contributed by atoms with Crippen molar-refractivity contribution in [1.29, 1.82) is 0 Å². The summed E-state index contributed by atoms with van der Waals surface area (Å²) in [7, 11) is -3.17. The second-order valence-corrected chi connectivity index (χ2v) is 10.3. The summed E-state index contributed by atoms with van der Waals surface area (Å²) in [4.78, 5) is 18.3. The Balaban J connectivity index is 1.70. The number of sulfone groups is 1. The molecule has 0 N–H and O–H groups in total. The van der Waals surface area contributed by atoms with Crippen molar-refractivity contribution in [3.05, 3.63) is 29.0 Å². The van der Waals surface area contributed by atoms with Crippen LogP contribution in [0.5, 0.6) is 0 Å². The van der Waals surface area contributed by atoms with Crippen LogP contribution in [-0.2, 0) is 19.4 Å². The maximum atomic E-state index is 13.5. The third-order valence-electron chi connectivity index (χ3n) is 4.66. The molecule has 10 heteroatoms. The van der Waals surface area contributed by atoms with E-state index in [1.807, 2.05) is 0 Å². The number of thioether (sulfide) groups is 1. The van der Waals surface area contributed by atoms with Gasteiger partial charge in [-0.1, -0.05) is 23.4 Å². The highest BCUT2D eigenvalue weighted by Crippen LogP contribution is 2.41. The number of benzene rings is 1. The third-order valence-corrected chi connectivity index (χ3v) is 8.16. The van der Waals surface area contributed by atoms with Gasteiger partial charge in [0, 0.05) is 17.5 Å². The minimum Gasteiger partial charge on any atom is -0.368 e. The lowest BCUT2D eigenvalue weighted by molar-refractivity contribution is -0.126. The molecule has 3 atom stereocenters. The Morgan fingerprint density at radius 2 is 2.19 bits per heavy atom. The summed E-state index contributed by atoms with van der Waals surface area (Å²) in [6.45, 7) is 0.537. The highest BCUT2D eigenvalue weighted by molar-refractivity contribution is 8.16. The Hall–Kier alpha value is -1.16. The third kappa shape index (κ3) is 3.37. The average Bonchev–Trinajstić information content (AvgIpc) is 3.25. The van der Waals surface area contributed by atoms with E-state index in [0.29, 0.717) is 23.9 Å². The number of ether oxygens (including phenoxy) is 1. The fourth-order valence-corrected chi connectivity index (χ4v) is 7.53. The number of rotatable bonds is 2. The van der Waals surface area contributed by atoms with Gasteiger partial charge in [-0.15, -0.1) is 0 Å². The van der Waals surface area contributed by atoms with Crippen LogP contribution in [0, 0.1) is 5.82 Å². The summed E-state index contributed by atoms with van der Waals surface area (Å²) >= 11 is 7.16. The van der Waals surface area contributed by atoms with Crippen LogP contribution < -0.4 is 4.90 Å². The van der Waals surface area contributed by atoms with Crippen molar-refractivity contribution in [2.24, 2.45) is 4.99 Å². The first-order chi connectivity index (χ1) is 12.3. The van der Waals surface area contributed by atoms with E-state index >= 15 is 0 Å². The number of hydrogen-bond donors (Lipinski definition) is 0. The summed E-state index contributed by atoms with van der Waals surface area (Å²) in [5, 5.41) is 0.125. The molecule has 3 saturated heterocycles. The highest BCUT2D eigenvalue weighted by Gasteiger charge is 2.49. The molecule has 6 nitrogen and oxygen atoms in total. The zero-order valence-corrected chi connectivity index (χ0v) is 16.0. The van der Waals surface area contributed by atoms with Gasteiger partial charge >= 0.3 is 0 Å². The Morgan fingerprint density at radius 1 is 1.38 bits per heavy atom. The number of carbonyl (C=O) groups is 1. The number of nitrogens with zero attached hydrogens (tertiary/aromatic N) is 2. The van der Waals surface area contributed by atoms with Crippen LogP contribution in [0.25, 0.3) is 0 Å². The number of carbonyl (C=O) groups excluding carboxylic acids is 1. The van der Waals surface area contributed by atoms with Gasteiger partial charge in [0.1, 0.15) is 11.9 Å². The van der Waals surface area contributed by atoms with Crippen LogP contribution in [0.15, 0.2) is 23.2 Å². The maximum Gasteiger partial charge on any atom is 0.277 e. The van der Waals surface area contributed by atoms with E-state index in [0.717, 1.165) is 6.42 Å². The van der Waals surface area contributed by atoms with Crippen molar-refractivity contribution < 1.29 is 22.3 Å². The molecule has 0 aliphatic carbocycles. The first kappa shape index (κ1) is 18.2. The summed E-state index contributed by atoms with van der Waals surface area (Å²) < 4.78 is 43.0. The van der Waals surface area contributed by atoms with Gasteiger partial charge in [0.15, 0.2) is 15.0 Å². The molecule has 0 saturated carbocycles. The van der Waals surface area contributed by atoms with E-state index in [1.165, 1.54) is 30.0 Å². The molecule has 0 spiro atoms. The van der Waals surface area contributed by atoms with Crippen molar-refractivity contribution in [2.45, 2.75) is 30.2 Å². The lowest BCUT2D eigenvalue weighted by Gasteiger charge is -2.24. The molecular weight excluding hydrogens is 403 g/mol. The molecule has 140 valence electrons. The van der Waals surface area contributed by atoms with Crippen molar-refractivity contribution in [3.63, 3.8) is 0 Å². The molecule has 3 heterocycles. The number of amides is 1. The number of fused-ring (bicyclic) bond motifs is 1. The highest BCUT2D eigenvalue weighted by atomic mass is 35.5. The predicted molar refractivity (Wildman–Crippen MR) is 99.1 cm³/mol. The quantitative estimate of drug-likeness (QED) is 0.733. The first-order valence-corrected chi connectivity index (χ1v) is 11.3. The summed E-state index contributed by atoms with van der Waals surface area (Å²) in [5.41, 5.74) is 0.521. The van der Waals surface area contributed by atoms with Crippen LogP contribution in [0.4, 0.5) is 10.1 Å². The van der Waals surface area contributed by atoms with Crippen molar-refractivity contribution in [2.75, 3.05) is 23.0 Å². The van der Waals surface area contributed by atoms with Gasteiger partial charge in [-0.2, -0.15) is 4.99 Å². The van der Waals surface area contributed by atoms with Gasteiger partial charge < -0.3 is 9.64 Å². The second kappa shape index (κ2) is 6.78. The first-order valence-electron chi connectivity index (χ1n) is 8.19. The number of aliphatic imine (C=N–C) groups is 1. The van der Waals surface area contributed by atoms with Crippen LogP contribution in [0.2, 0.25) is 5.02 Å². The molecule has 0 radical (unpaired) electrons. The van der Waals surface area contributed by atoms with Crippen LogP contribution in [0.1, 0.15) is 12.8 Å². The predicted octanol–water partition coefficient (Wildman–Crippen LogP) is 2.26. The molecular formula is C16H16ClFN2O4S2. The Morgan fingerprint density at radius 3 is 2.88 bits per heavy atom. The summed E-state index contributed by atoms with van der Waals surface area (Å²) in [6, 6.07) is 3.80. The van der Waals surface area contributed by atoms with E-state index in [1.54, 1.807) is 4.90 Å². The molecule has 0 aromatic heterocycles. The Bertz CT molecular complexity index is 886. The number of halogens is 2. The van der Waals surface area contributed by atoms with E-state index in [2.05, 4.69) is 4.99 Å². The van der Waals surface area contributed by atoms with E-state index in [4.69, 9.17) is 16.3 Å². The van der Waals surface area contributed by atoms with Gasteiger partial charge in [-0.05, 0) is 31.0 Å². The van der Waals surface area contributed by atoms with Gasteiger partial charge in [-0.25, -0.2) is 12.8 Å². The van der Waals surface area contributed by atoms with Crippen molar-refractivity contribution in [1.82, 2.24) is 0 Å². The van der Waals surface area contributed by atoms with Gasteiger partial charge in [0.25, 0.3) is 5.91 Å². The topological polar surface area (TPSA) is 76.0 Å². The van der Waals surface area contributed by atoms with Gasteiger partial charge in [0.2, 0.25) is 0 Å². The standard InChI is InChI=1S/C16H16ClFN2O4S2/c17-10-6-9(3-4-11(10)18)20-12-7-26(22,23)8-14(12)25-16(20)19-15(21)13-2-1-5-24-13/h3-4,6,12-14H,1-2,5,7-8H2/t12-,13+,14+/m1/s1. The average molecular weight is 419 g/mol. The van der Waals surface area contributed by atoms with Gasteiger partial charge in [0.05, 0.1) is 22.6 Å². The molecule has 3 fully saturated rings. The molecule has 4 rings (SSSR count). The van der Waals surface area contributed by atoms with Crippen molar-refractivity contribution >= 4 is 50.0 Å². The molecule has 0 unspecified atom stereocenters. The normalized spacial score (nSPS) is 31.5. The maximum absolute atomic E-state index is 13.5. The minimum atomic E-state index is -3.17. The lowest BCUT2D eigenvalue weighted by Crippen LogP contribution is -2.38. The zero-order valence-electron chi connectivity index (χ0n) is 13.6. The van der Waals surface area contributed by atoms with E-state index in [-0.39, 0.29) is 33.7 Å². The molecule has 1 aromatic carbocycles. The van der Waals surface area contributed by atoms with E-state index in [9.17, 15) is 17.6 Å². The summed E-state index contributed by atoms with van der Waals surface area (Å²) in [6.07, 6.45) is 0.893. The lowest BCUT2D eigenvalue weighted by atomic mass is 10.2. The second-order valence-electron chi connectivity index (χ2n) is 6.50. The summed E-state index contributed by atoms with van der Waals surface area (Å²) in [5.74, 6) is -0.939. The monoisotopic (exact) mass is 418 g/mol. The van der Waals surface area contributed by atoms with Gasteiger partial charge in [-0.3, -0.25) is 4.79 Å². The largest absolute Gasteiger partial charge is 0.368 e. The van der Waals surface area contributed by atoms with Crippen LogP contribution >= 0.6 is 23.4 Å². The number of amidine groups is 1. The Kier molecular flexibility index (Phi) is 4.75. The SMILES string of the molecule is O=C(N=C1S[C@H]2CS(=O)(=O)C[C@H]2N1c1ccc(F)c(Cl)c1)[C@@H]1CCCO1. The van der Waals surface area contributed by atoms with E-state index < -0.39 is 21.8 Å². The van der Waals surface area contributed by atoms with Crippen molar-refractivity contribution in [3.8, 4) is 0 Å². The fourth-order valence-electron chi connectivity index (χ4n) is 3.44. The molecule has 0 bridgehead atoms. The molecule has 26 heavy (non-hydrogen) atoms. The van der Waals surface area contributed by atoms with Crippen LogP contribution in [-0.4, -0.2) is 55.0 Å². The number of anilines is 1. The van der Waals surface area contributed by atoms with Crippen LogP contribution in [0.3, 0.4) is 0 Å². The molecule has 3 aliphatic heterocycles. The molecule has 3 aliphatic rings. The smallest absolute Gasteiger partial charge is 0.277 e.